The second-order valence-electron chi connectivity index (χ2n) is 6.23. The fourth-order valence-corrected chi connectivity index (χ4v) is 2.77. The van der Waals surface area contributed by atoms with Gasteiger partial charge in [0.05, 0.1) is 0 Å². The summed E-state index contributed by atoms with van der Waals surface area (Å²) in [4.78, 5) is 23.9. The molecule has 0 bridgehead atoms. The summed E-state index contributed by atoms with van der Waals surface area (Å²) in [6.45, 7) is 5.98. The van der Waals surface area contributed by atoms with Crippen molar-refractivity contribution < 1.29 is 24.2 Å². The number of carboxylic acid groups (broad SMARTS) is 1. The van der Waals surface area contributed by atoms with Crippen molar-refractivity contribution in [1.82, 2.24) is 0 Å². The largest absolute Gasteiger partial charge is 0.478 e. The number of carbonyl (C=O) groups is 2. The Labute approximate surface area is 163 Å². The van der Waals surface area contributed by atoms with E-state index in [0.717, 1.165) is 12.0 Å². The van der Waals surface area contributed by atoms with Gasteiger partial charge in [-0.3, -0.25) is 0 Å². The Morgan fingerprint density at radius 2 is 1.78 bits per heavy atom. The van der Waals surface area contributed by atoms with Crippen LogP contribution < -0.4 is 9.47 Å². The summed E-state index contributed by atoms with van der Waals surface area (Å²) in [5.41, 5.74) is 0.842. The van der Waals surface area contributed by atoms with Crippen LogP contribution in [0.5, 0.6) is 11.5 Å². The van der Waals surface area contributed by atoms with Crippen molar-refractivity contribution in [2.75, 3.05) is 0 Å². The van der Waals surface area contributed by atoms with Gasteiger partial charge in [-0.15, -0.1) is 0 Å². The molecule has 0 aliphatic heterocycles. The molecule has 0 aliphatic rings. The third-order valence-corrected chi connectivity index (χ3v) is 4.58. The zero-order chi connectivity index (χ0) is 20.0. The minimum atomic E-state index is -1.23. The summed E-state index contributed by atoms with van der Waals surface area (Å²) >= 11 is 5.83. The molecule has 144 valence electrons. The third-order valence-electron chi connectivity index (χ3n) is 4.35. The van der Waals surface area contributed by atoms with Crippen LogP contribution in [0.15, 0.2) is 42.5 Å². The molecule has 2 rings (SSSR count). The van der Waals surface area contributed by atoms with Crippen LogP contribution in [0.4, 0.5) is 0 Å². The lowest BCUT2D eigenvalue weighted by Gasteiger charge is -2.21. The molecule has 0 heterocycles. The van der Waals surface area contributed by atoms with Crippen molar-refractivity contribution in [3.63, 3.8) is 0 Å². The molecule has 0 fully saturated rings. The Morgan fingerprint density at radius 1 is 1.07 bits per heavy atom. The molecule has 0 spiro atoms. The first kappa shape index (κ1) is 20.8. The van der Waals surface area contributed by atoms with E-state index in [4.69, 9.17) is 21.1 Å². The maximum absolute atomic E-state index is 12.6. The number of carboxylic acids is 1. The van der Waals surface area contributed by atoms with Gasteiger partial charge in [0.2, 0.25) is 0 Å². The van der Waals surface area contributed by atoms with E-state index in [1.54, 1.807) is 6.92 Å². The van der Waals surface area contributed by atoms with Gasteiger partial charge in [-0.2, -0.15) is 0 Å². The van der Waals surface area contributed by atoms with Gasteiger partial charge >= 0.3 is 11.9 Å². The predicted octanol–water partition coefficient (Wildman–Crippen LogP) is 5.31. The lowest BCUT2D eigenvalue weighted by atomic mass is 9.98. The lowest BCUT2D eigenvalue weighted by molar-refractivity contribution is -0.142. The first-order valence-corrected chi connectivity index (χ1v) is 9.25. The van der Waals surface area contributed by atoms with Crippen LogP contribution in [0.25, 0.3) is 0 Å². The van der Waals surface area contributed by atoms with Crippen LogP contribution in [0, 0.1) is 0 Å². The molecule has 0 saturated heterocycles. The molecular weight excluding hydrogens is 368 g/mol. The zero-order valence-electron chi connectivity index (χ0n) is 15.6. The molecule has 2 aromatic rings. The number of halogens is 1. The Balaban J connectivity index is 2.22. The highest BCUT2D eigenvalue weighted by atomic mass is 35.5. The van der Waals surface area contributed by atoms with E-state index >= 15 is 0 Å². The smallest absolute Gasteiger partial charge is 0.352 e. The molecule has 1 N–H and O–H groups in total. The van der Waals surface area contributed by atoms with Crippen LogP contribution in [0.2, 0.25) is 5.02 Å². The maximum atomic E-state index is 12.6. The number of ether oxygens (including phenoxy) is 2. The molecule has 0 saturated carbocycles. The predicted molar refractivity (Wildman–Crippen MR) is 104 cm³/mol. The van der Waals surface area contributed by atoms with Crippen LogP contribution in [-0.4, -0.2) is 23.1 Å². The molecule has 0 aromatic heterocycles. The highest BCUT2D eigenvalue weighted by Gasteiger charge is 2.25. The van der Waals surface area contributed by atoms with Crippen LogP contribution >= 0.6 is 11.6 Å². The number of para-hydroxylation sites is 1. The van der Waals surface area contributed by atoms with Crippen molar-refractivity contribution in [1.29, 1.82) is 0 Å². The topological polar surface area (TPSA) is 72.8 Å². The molecule has 2 aromatic carbocycles. The molecule has 2 unspecified atom stereocenters. The summed E-state index contributed by atoms with van der Waals surface area (Å²) in [7, 11) is 0. The third kappa shape index (κ3) is 5.23. The second-order valence-corrected chi connectivity index (χ2v) is 6.67. The van der Waals surface area contributed by atoms with Gasteiger partial charge in [0.25, 0.3) is 0 Å². The molecule has 6 heteroatoms. The second kappa shape index (κ2) is 9.42. The van der Waals surface area contributed by atoms with E-state index in [1.165, 1.54) is 18.2 Å². The van der Waals surface area contributed by atoms with Crippen molar-refractivity contribution >= 4 is 23.5 Å². The normalized spacial score (nSPS) is 12.9. The van der Waals surface area contributed by atoms with E-state index in [2.05, 4.69) is 13.8 Å². The molecule has 27 heavy (non-hydrogen) atoms. The summed E-state index contributed by atoms with van der Waals surface area (Å²) in [6.07, 6.45) is 0.463. The standard InChI is InChI=1S/C21H23ClO5/c1-4-13(3)15-8-6-7-9-18(15)26-17(5-2)21(25)27-19-11-10-14(22)12-16(19)20(23)24/h6-13,17H,4-5H2,1-3H3,(H,23,24). The number of rotatable bonds is 8. The number of benzene rings is 2. The van der Waals surface area contributed by atoms with Gasteiger partial charge in [-0.1, -0.05) is 50.6 Å². The first-order chi connectivity index (χ1) is 12.9. The Morgan fingerprint density at radius 3 is 2.41 bits per heavy atom. The highest BCUT2D eigenvalue weighted by Crippen LogP contribution is 2.30. The van der Waals surface area contributed by atoms with E-state index in [0.29, 0.717) is 12.2 Å². The van der Waals surface area contributed by atoms with Crippen molar-refractivity contribution in [2.45, 2.75) is 45.6 Å². The quantitative estimate of drug-likeness (QED) is 0.488. The van der Waals surface area contributed by atoms with Gasteiger partial charge in [0.1, 0.15) is 17.1 Å². The minimum absolute atomic E-state index is 0.0610. The van der Waals surface area contributed by atoms with Gasteiger partial charge in [0, 0.05) is 5.02 Å². The first-order valence-electron chi connectivity index (χ1n) is 8.87. The average molecular weight is 391 g/mol. The SMILES string of the molecule is CCC(Oc1ccccc1C(C)CC)C(=O)Oc1ccc(Cl)cc1C(=O)O. The maximum Gasteiger partial charge on any atom is 0.352 e. The summed E-state index contributed by atoms with van der Waals surface area (Å²) in [5, 5.41) is 9.53. The van der Waals surface area contributed by atoms with Crippen LogP contribution in [-0.2, 0) is 4.79 Å². The number of aromatic carboxylic acids is 1. The monoisotopic (exact) mass is 390 g/mol. The van der Waals surface area contributed by atoms with Gasteiger partial charge in [0.15, 0.2) is 6.10 Å². The Kier molecular flexibility index (Phi) is 7.25. The van der Waals surface area contributed by atoms with E-state index in [-0.39, 0.29) is 22.3 Å². The molecular formula is C21H23ClO5. The van der Waals surface area contributed by atoms with Gasteiger partial charge in [-0.25, -0.2) is 9.59 Å². The fourth-order valence-electron chi connectivity index (χ4n) is 2.60. The number of hydrogen-bond donors (Lipinski definition) is 1. The fraction of sp³-hybridized carbons (Fsp3) is 0.333. The Bertz CT molecular complexity index is 818. The number of esters is 1. The number of hydrogen-bond acceptors (Lipinski definition) is 4. The highest BCUT2D eigenvalue weighted by molar-refractivity contribution is 6.31. The molecule has 0 radical (unpaired) electrons. The molecule has 2 atom stereocenters. The van der Waals surface area contributed by atoms with Crippen LogP contribution in [0.1, 0.15) is 55.5 Å². The molecule has 0 aliphatic carbocycles. The zero-order valence-corrected chi connectivity index (χ0v) is 16.3. The van der Waals surface area contributed by atoms with E-state index in [9.17, 15) is 14.7 Å². The van der Waals surface area contributed by atoms with Crippen molar-refractivity contribution in [3.8, 4) is 11.5 Å². The van der Waals surface area contributed by atoms with Crippen molar-refractivity contribution in [2.24, 2.45) is 0 Å². The lowest BCUT2D eigenvalue weighted by Crippen LogP contribution is -2.31. The van der Waals surface area contributed by atoms with Gasteiger partial charge < -0.3 is 14.6 Å². The molecule has 5 nitrogen and oxygen atoms in total. The summed E-state index contributed by atoms with van der Waals surface area (Å²) in [6, 6.07) is 11.7. The number of carbonyl (C=O) groups excluding carboxylic acids is 1. The van der Waals surface area contributed by atoms with Gasteiger partial charge in [-0.05, 0) is 48.6 Å². The molecule has 0 amide bonds. The average Bonchev–Trinajstić information content (AvgIpc) is 2.66. The minimum Gasteiger partial charge on any atom is -0.478 e. The van der Waals surface area contributed by atoms with E-state index < -0.39 is 18.0 Å². The van der Waals surface area contributed by atoms with E-state index in [1.807, 2.05) is 24.3 Å². The van der Waals surface area contributed by atoms with Crippen LogP contribution in [0.3, 0.4) is 0 Å². The van der Waals surface area contributed by atoms with Crippen molar-refractivity contribution in [3.05, 3.63) is 58.6 Å². The summed E-state index contributed by atoms with van der Waals surface area (Å²) < 4.78 is 11.2. The summed E-state index contributed by atoms with van der Waals surface area (Å²) in [5.74, 6) is -1.03. The Hall–Kier alpha value is -2.53.